The zero-order chi connectivity index (χ0) is 14.3. The average molecular weight is 400 g/mol. The first-order valence-electron chi connectivity index (χ1n) is 6.61. The molecule has 0 bridgehead atoms. The maximum absolute atomic E-state index is 6.20. The van der Waals surface area contributed by atoms with E-state index in [0.717, 1.165) is 39.6 Å². The summed E-state index contributed by atoms with van der Waals surface area (Å²) in [6.45, 7) is 0. The zero-order valence-electron chi connectivity index (χ0n) is 11.2. The van der Waals surface area contributed by atoms with Gasteiger partial charge in [0.1, 0.15) is 5.75 Å². The highest BCUT2D eigenvalue weighted by molar-refractivity contribution is 9.11. The van der Waals surface area contributed by atoms with Gasteiger partial charge in [-0.1, -0.05) is 0 Å². The lowest BCUT2D eigenvalue weighted by Crippen LogP contribution is -2.17. The largest absolute Gasteiger partial charge is 0.495 e. The van der Waals surface area contributed by atoms with E-state index >= 15 is 0 Å². The Kier molecular flexibility index (Phi) is 3.93. The SMILES string of the molecule is COc1cc(-n2ccc3c2CCCC3N)c(Br)cc1Br. The van der Waals surface area contributed by atoms with Crippen molar-refractivity contribution in [1.29, 1.82) is 0 Å². The average Bonchev–Trinajstić information content (AvgIpc) is 2.84. The number of hydrogen-bond donors (Lipinski definition) is 1. The van der Waals surface area contributed by atoms with Crippen molar-refractivity contribution in [1.82, 2.24) is 4.57 Å². The molecule has 0 saturated carbocycles. The maximum atomic E-state index is 6.20. The van der Waals surface area contributed by atoms with Crippen LogP contribution in [0.15, 0.2) is 33.3 Å². The minimum absolute atomic E-state index is 0.163. The number of nitrogens with two attached hydrogens (primary N) is 1. The third kappa shape index (κ3) is 2.32. The molecule has 1 aliphatic rings. The first-order chi connectivity index (χ1) is 9.61. The summed E-state index contributed by atoms with van der Waals surface area (Å²) in [6, 6.07) is 6.36. The molecule has 5 heteroatoms. The lowest BCUT2D eigenvalue weighted by atomic mass is 9.93. The molecule has 1 aromatic carbocycles. The van der Waals surface area contributed by atoms with Gasteiger partial charge >= 0.3 is 0 Å². The van der Waals surface area contributed by atoms with Gasteiger partial charge < -0.3 is 15.0 Å². The Morgan fingerprint density at radius 1 is 1.30 bits per heavy atom. The number of ether oxygens (including phenoxy) is 1. The molecule has 0 aliphatic heterocycles. The predicted molar refractivity (Wildman–Crippen MR) is 87.6 cm³/mol. The minimum Gasteiger partial charge on any atom is -0.495 e. The van der Waals surface area contributed by atoms with E-state index in [4.69, 9.17) is 10.5 Å². The Bertz CT molecular complexity index is 652. The summed E-state index contributed by atoms with van der Waals surface area (Å²) in [5, 5.41) is 0. The first-order valence-corrected chi connectivity index (χ1v) is 8.19. The minimum atomic E-state index is 0.163. The standard InChI is InChI=1S/C15H16Br2N2O/c1-20-15-8-14(10(16)7-11(15)17)19-6-5-9-12(18)3-2-4-13(9)19/h5-8,12H,2-4,18H2,1H3. The van der Waals surface area contributed by atoms with Crippen molar-refractivity contribution in [3.05, 3.63) is 44.6 Å². The third-order valence-corrected chi connectivity index (χ3v) is 5.09. The van der Waals surface area contributed by atoms with Crippen molar-refractivity contribution in [3.8, 4) is 11.4 Å². The number of benzene rings is 1. The Hall–Kier alpha value is -0.780. The van der Waals surface area contributed by atoms with Crippen LogP contribution >= 0.6 is 31.9 Å². The number of aromatic nitrogens is 1. The molecule has 1 aromatic heterocycles. The molecule has 1 heterocycles. The highest BCUT2D eigenvalue weighted by Gasteiger charge is 2.21. The molecule has 0 fully saturated rings. The molecular weight excluding hydrogens is 384 g/mol. The van der Waals surface area contributed by atoms with E-state index in [1.165, 1.54) is 11.3 Å². The lowest BCUT2D eigenvalue weighted by molar-refractivity contribution is 0.412. The van der Waals surface area contributed by atoms with E-state index in [1.54, 1.807) is 7.11 Å². The Balaban J connectivity index is 2.14. The molecule has 0 radical (unpaired) electrons. The summed E-state index contributed by atoms with van der Waals surface area (Å²) in [4.78, 5) is 0. The monoisotopic (exact) mass is 398 g/mol. The fourth-order valence-corrected chi connectivity index (χ4v) is 4.16. The first kappa shape index (κ1) is 14.2. The third-order valence-electron chi connectivity index (χ3n) is 3.84. The van der Waals surface area contributed by atoms with Crippen molar-refractivity contribution in [3.63, 3.8) is 0 Å². The molecule has 0 amide bonds. The Morgan fingerprint density at radius 2 is 2.10 bits per heavy atom. The number of nitrogens with zero attached hydrogens (tertiary/aromatic N) is 1. The predicted octanol–water partition coefficient (Wildman–Crippen LogP) is 4.35. The van der Waals surface area contributed by atoms with Crippen LogP contribution < -0.4 is 10.5 Å². The number of rotatable bonds is 2. The molecule has 1 unspecified atom stereocenters. The highest BCUT2D eigenvalue weighted by atomic mass is 79.9. The molecule has 0 saturated heterocycles. The molecule has 0 spiro atoms. The summed E-state index contributed by atoms with van der Waals surface area (Å²) in [7, 11) is 1.68. The van der Waals surface area contributed by atoms with Crippen molar-refractivity contribution < 1.29 is 4.74 Å². The number of halogens is 2. The van der Waals surface area contributed by atoms with Gasteiger partial charge in [0.25, 0.3) is 0 Å². The summed E-state index contributed by atoms with van der Waals surface area (Å²) in [5.74, 6) is 0.825. The van der Waals surface area contributed by atoms with Crippen molar-refractivity contribution >= 4 is 31.9 Å². The number of fused-ring (bicyclic) bond motifs is 1. The van der Waals surface area contributed by atoms with Crippen LogP contribution in [0.3, 0.4) is 0 Å². The molecule has 2 N–H and O–H groups in total. The highest BCUT2D eigenvalue weighted by Crippen LogP contribution is 2.37. The second kappa shape index (κ2) is 5.54. The lowest BCUT2D eigenvalue weighted by Gasteiger charge is -2.21. The van der Waals surface area contributed by atoms with Crippen molar-refractivity contribution in [2.24, 2.45) is 5.73 Å². The van der Waals surface area contributed by atoms with Crippen LogP contribution in [-0.4, -0.2) is 11.7 Å². The van der Waals surface area contributed by atoms with Gasteiger partial charge in [-0.05, 0) is 68.8 Å². The van der Waals surface area contributed by atoms with Crippen LogP contribution in [0, 0.1) is 0 Å². The van der Waals surface area contributed by atoms with Crippen molar-refractivity contribution in [2.45, 2.75) is 25.3 Å². The number of methoxy groups -OCH3 is 1. The quantitative estimate of drug-likeness (QED) is 0.815. The fraction of sp³-hybridized carbons (Fsp3) is 0.333. The van der Waals surface area contributed by atoms with Crippen molar-refractivity contribution in [2.75, 3.05) is 7.11 Å². The smallest absolute Gasteiger partial charge is 0.135 e. The van der Waals surface area contributed by atoms with E-state index in [2.05, 4.69) is 48.7 Å². The topological polar surface area (TPSA) is 40.2 Å². The Labute approximate surface area is 135 Å². The van der Waals surface area contributed by atoms with Crippen LogP contribution in [-0.2, 0) is 6.42 Å². The van der Waals surface area contributed by atoms with Gasteiger partial charge in [-0.15, -0.1) is 0 Å². The molecule has 20 heavy (non-hydrogen) atoms. The molecule has 3 rings (SSSR count). The summed E-state index contributed by atoms with van der Waals surface area (Å²) in [5.41, 5.74) is 9.86. The van der Waals surface area contributed by atoms with Crippen LogP contribution in [0.1, 0.15) is 30.1 Å². The molecular formula is C15H16Br2N2O. The fourth-order valence-electron chi connectivity index (χ4n) is 2.81. The van der Waals surface area contributed by atoms with Gasteiger partial charge in [0, 0.05) is 28.5 Å². The molecule has 1 aliphatic carbocycles. The van der Waals surface area contributed by atoms with E-state index in [9.17, 15) is 0 Å². The van der Waals surface area contributed by atoms with Gasteiger partial charge in [0.05, 0.1) is 17.3 Å². The summed E-state index contributed by atoms with van der Waals surface area (Å²) in [6.07, 6.45) is 5.38. The second-order valence-electron chi connectivity index (χ2n) is 5.02. The maximum Gasteiger partial charge on any atom is 0.135 e. The molecule has 2 aromatic rings. The van der Waals surface area contributed by atoms with E-state index in [1.807, 2.05) is 12.1 Å². The van der Waals surface area contributed by atoms with Crippen LogP contribution in [0.4, 0.5) is 0 Å². The van der Waals surface area contributed by atoms with E-state index in [0.29, 0.717) is 0 Å². The van der Waals surface area contributed by atoms with E-state index in [-0.39, 0.29) is 6.04 Å². The van der Waals surface area contributed by atoms with Crippen LogP contribution in [0.2, 0.25) is 0 Å². The molecule has 1 atom stereocenters. The normalized spacial score (nSPS) is 17.9. The number of hydrogen-bond acceptors (Lipinski definition) is 2. The van der Waals surface area contributed by atoms with E-state index < -0.39 is 0 Å². The van der Waals surface area contributed by atoms with Crippen LogP contribution in [0.5, 0.6) is 5.75 Å². The van der Waals surface area contributed by atoms with Gasteiger partial charge in [-0.3, -0.25) is 0 Å². The van der Waals surface area contributed by atoms with Gasteiger partial charge in [-0.2, -0.15) is 0 Å². The molecule has 3 nitrogen and oxygen atoms in total. The zero-order valence-corrected chi connectivity index (χ0v) is 14.4. The van der Waals surface area contributed by atoms with Gasteiger partial charge in [-0.25, -0.2) is 0 Å². The molecule has 106 valence electrons. The van der Waals surface area contributed by atoms with Gasteiger partial charge in [0.15, 0.2) is 0 Å². The van der Waals surface area contributed by atoms with Gasteiger partial charge in [0.2, 0.25) is 0 Å². The second-order valence-corrected chi connectivity index (χ2v) is 6.73. The summed E-state index contributed by atoms with van der Waals surface area (Å²) < 4.78 is 9.58. The summed E-state index contributed by atoms with van der Waals surface area (Å²) >= 11 is 7.14. The van der Waals surface area contributed by atoms with Crippen LogP contribution in [0.25, 0.3) is 5.69 Å². The Morgan fingerprint density at radius 3 is 2.85 bits per heavy atom.